The SMILES string of the molecule is CC(CO)[C@@](C)(C#N)c1ccc(Cl)c(Cl)c1. The average Bonchev–Trinajstić information content (AvgIpc) is 2.30. The number of aliphatic hydroxyl groups is 1. The fourth-order valence-electron chi connectivity index (χ4n) is 1.46. The van der Waals surface area contributed by atoms with Crippen molar-refractivity contribution < 1.29 is 5.11 Å². The Morgan fingerprint density at radius 3 is 2.50 bits per heavy atom. The molecule has 1 aromatic rings. The van der Waals surface area contributed by atoms with Crippen LogP contribution in [0.5, 0.6) is 0 Å². The molecule has 16 heavy (non-hydrogen) atoms. The van der Waals surface area contributed by atoms with E-state index < -0.39 is 5.41 Å². The molecule has 1 aromatic carbocycles. The minimum absolute atomic E-state index is 0.0513. The lowest BCUT2D eigenvalue weighted by Gasteiger charge is -2.28. The molecule has 2 nitrogen and oxygen atoms in total. The largest absolute Gasteiger partial charge is 0.396 e. The number of hydrogen-bond donors (Lipinski definition) is 1. The van der Waals surface area contributed by atoms with Crippen LogP contribution in [-0.4, -0.2) is 11.7 Å². The minimum Gasteiger partial charge on any atom is -0.396 e. The van der Waals surface area contributed by atoms with Crippen LogP contribution < -0.4 is 0 Å². The highest BCUT2D eigenvalue weighted by Gasteiger charge is 2.33. The van der Waals surface area contributed by atoms with Gasteiger partial charge in [0.05, 0.1) is 21.5 Å². The predicted octanol–water partition coefficient (Wildman–Crippen LogP) is 3.40. The first-order chi connectivity index (χ1) is 7.45. The molecule has 0 radical (unpaired) electrons. The molecule has 1 unspecified atom stereocenters. The molecule has 0 aromatic heterocycles. The third-order valence-electron chi connectivity index (χ3n) is 3.01. The Labute approximate surface area is 105 Å². The van der Waals surface area contributed by atoms with Crippen molar-refractivity contribution in [1.82, 2.24) is 0 Å². The van der Waals surface area contributed by atoms with Gasteiger partial charge in [0, 0.05) is 12.5 Å². The van der Waals surface area contributed by atoms with Crippen LogP contribution in [0.1, 0.15) is 19.4 Å². The van der Waals surface area contributed by atoms with Gasteiger partial charge in [-0.2, -0.15) is 5.26 Å². The van der Waals surface area contributed by atoms with E-state index >= 15 is 0 Å². The fraction of sp³-hybridized carbons (Fsp3) is 0.417. The van der Waals surface area contributed by atoms with Gasteiger partial charge in [-0.15, -0.1) is 0 Å². The van der Waals surface area contributed by atoms with Crippen LogP contribution in [0.15, 0.2) is 18.2 Å². The van der Waals surface area contributed by atoms with Crippen LogP contribution in [0.25, 0.3) is 0 Å². The first-order valence-electron chi connectivity index (χ1n) is 4.93. The summed E-state index contributed by atoms with van der Waals surface area (Å²) in [6, 6.07) is 7.34. The number of aliphatic hydroxyl groups excluding tert-OH is 1. The second kappa shape index (κ2) is 5.05. The van der Waals surface area contributed by atoms with E-state index in [-0.39, 0.29) is 12.5 Å². The quantitative estimate of drug-likeness (QED) is 0.902. The highest BCUT2D eigenvalue weighted by atomic mass is 35.5. The van der Waals surface area contributed by atoms with Gasteiger partial charge in [0.2, 0.25) is 0 Å². The monoisotopic (exact) mass is 257 g/mol. The van der Waals surface area contributed by atoms with Crippen molar-refractivity contribution in [3.63, 3.8) is 0 Å². The molecule has 0 saturated heterocycles. The number of nitrogens with zero attached hydrogens (tertiary/aromatic N) is 1. The molecule has 0 fully saturated rings. The Bertz CT molecular complexity index is 428. The lowest BCUT2D eigenvalue weighted by Crippen LogP contribution is -2.30. The maximum atomic E-state index is 9.26. The number of rotatable bonds is 3. The van der Waals surface area contributed by atoms with Gasteiger partial charge in [0.1, 0.15) is 0 Å². The smallest absolute Gasteiger partial charge is 0.0842 e. The minimum atomic E-state index is -0.761. The molecule has 2 atom stereocenters. The second-order valence-corrected chi connectivity index (χ2v) is 4.84. The second-order valence-electron chi connectivity index (χ2n) is 4.03. The zero-order valence-corrected chi connectivity index (χ0v) is 10.7. The number of halogens is 2. The standard InChI is InChI=1S/C12H13Cl2NO/c1-8(6-16)12(2,7-15)9-3-4-10(13)11(14)5-9/h3-5,8,16H,6H2,1-2H3/t8?,12-/m1/s1. The molecule has 1 rings (SSSR count). The normalized spacial score (nSPS) is 16.2. The Kier molecular flexibility index (Phi) is 4.21. The van der Waals surface area contributed by atoms with Crippen molar-refractivity contribution in [2.45, 2.75) is 19.3 Å². The summed E-state index contributed by atoms with van der Waals surface area (Å²) in [6.07, 6.45) is 0. The Hall–Kier alpha value is -0.750. The van der Waals surface area contributed by atoms with Gasteiger partial charge in [-0.25, -0.2) is 0 Å². The molecule has 0 saturated carbocycles. The number of hydrogen-bond acceptors (Lipinski definition) is 2. The van der Waals surface area contributed by atoms with Crippen molar-refractivity contribution in [2.24, 2.45) is 5.92 Å². The van der Waals surface area contributed by atoms with Crippen molar-refractivity contribution in [2.75, 3.05) is 6.61 Å². The fourth-order valence-corrected chi connectivity index (χ4v) is 1.76. The van der Waals surface area contributed by atoms with E-state index in [0.29, 0.717) is 10.0 Å². The van der Waals surface area contributed by atoms with E-state index in [2.05, 4.69) is 6.07 Å². The van der Waals surface area contributed by atoms with Crippen molar-refractivity contribution in [3.8, 4) is 6.07 Å². The van der Waals surface area contributed by atoms with Crippen LogP contribution in [0.2, 0.25) is 10.0 Å². The molecule has 0 aliphatic carbocycles. The lowest BCUT2D eigenvalue weighted by molar-refractivity contribution is 0.197. The van der Waals surface area contributed by atoms with E-state index in [1.54, 1.807) is 25.1 Å². The summed E-state index contributed by atoms with van der Waals surface area (Å²) in [5.41, 5.74) is 0.00846. The van der Waals surface area contributed by atoms with E-state index in [4.69, 9.17) is 23.2 Å². The Morgan fingerprint density at radius 1 is 1.44 bits per heavy atom. The third kappa shape index (κ3) is 2.32. The molecule has 0 amide bonds. The van der Waals surface area contributed by atoms with Gasteiger partial charge in [-0.1, -0.05) is 36.2 Å². The summed E-state index contributed by atoms with van der Waals surface area (Å²) in [6.45, 7) is 3.56. The van der Waals surface area contributed by atoms with E-state index in [0.717, 1.165) is 5.56 Å². The zero-order valence-electron chi connectivity index (χ0n) is 9.17. The van der Waals surface area contributed by atoms with Crippen LogP contribution in [0.3, 0.4) is 0 Å². The topological polar surface area (TPSA) is 44.0 Å². The summed E-state index contributed by atoms with van der Waals surface area (Å²) in [7, 11) is 0. The summed E-state index contributed by atoms with van der Waals surface area (Å²) >= 11 is 11.7. The van der Waals surface area contributed by atoms with Crippen molar-refractivity contribution >= 4 is 23.2 Å². The van der Waals surface area contributed by atoms with Crippen molar-refractivity contribution in [1.29, 1.82) is 5.26 Å². The summed E-state index contributed by atoms with van der Waals surface area (Å²) in [5.74, 6) is -0.172. The van der Waals surface area contributed by atoms with Gasteiger partial charge >= 0.3 is 0 Å². The van der Waals surface area contributed by atoms with Gasteiger partial charge in [-0.3, -0.25) is 0 Å². The van der Waals surface area contributed by atoms with Crippen LogP contribution in [-0.2, 0) is 5.41 Å². The van der Waals surface area contributed by atoms with Crippen molar-refractivity contribution in [3.05, 3.63) is 33.8 Å². The molecule has 4 heteroatoms. The molecule has 0 aliphatic rings. The predicted molar refractivity (Wildman–Crippen MR) is 65.7 cm³/mol. The summed E-state index contributed by atoms with van der Waals surface area (Å²) < 4.78 is 0. The van der Waals surface area contributed by atoms with Gasteiger partial charge in [-0.05, 0) is 24.6 Å². The highest BCUT2D eigenvalue weighted by molar-refractivity contribution is 6.42. The molecule has 0 bridgehead atoms. The molecule has 1 N–H and O–H groups in total. The molecule has 0 spiro atoms. The average molecular weight is 258 g/mol. The lowest BCUT2D eigenvalue weighted by atomic mass is 9.74. The van der Waals surface area contributed by atoms with Gasteiger partial charge in [0.25, 0.3) is 0 Å². The van der Waals surface area contributed by atoms with Gasteiger partial charge in [0.15, 0.2) is 0 Å². The Balaban J connectivity index is 3.24. The maximum absolute atomic E-state index is 9.26. The van der Waals surface area contributed by atoms with Crippen LogP contribution >= 0.6 is 23.2 Å². The van der Waals surface area contributed by atoms with E-state index in [9.17, 15) is 10.4 Å². The molecule has 86 valence electrons. The molecule has 0 aliphatic heterocycles. The summed E-state index contributed by atoms with van der Waals surface area (Å²) in [5, 5.41) is 19.3. The number of nitriles is 1. The summed E-state index contributed by atoms with van der Waals surface area (Å²) in [4.78, 5) is 0. The van der Waals surface area contributed by atoms with E-state index in [1.807, 2.05) is 6.92 Å². The highest BCUT2D eigenvalue weighted by Crippen LogP contribution is 2.34. The first kappa shape index (κ1) is 13.3. The number of benzene rings is 1. The van der Waals surface area contributed by atoms with Gasteiger partial charge < -0.3 is 5.11 Å². The third-order valence-corrected chi connectivity index (χ3v) is 3.75. The molecule has 0 heterocycles. The van der Waals surface area contributed by atoms with E-state index in [1.165, 1.54) is 0 Å². The molecular weight excluding hydrogens is 245 g/mol. The first-order valence-corrected chi connectivity index (χ1v) is 5.69. The maximum Gasteiger partial charge on any atom is 0.0842 e. The zero-order chi connectivity index (χ0) is 12.3. The van der Waals surface area contributed by atoms with Crippen LogP contribution in [0, 0.1) is 17.2 Å². The van der Waals surface area contributed by atoms with Crippen LogP contribution in [0.4, 0.5) is 0 Å². The molecular formula is C12H13Cl2NO. The Morgan fingerprint density at radius 2 is 2.06 bits per heavy atom.